The van der Waals surface area contributed by atoms with Gasteiger partial charge in [-0.15, -0.1) is 0 Å². The Hall–Kier alpha value is -3.37. The molecule has 1 atom stereocenters. The molecule has 1 N–H and O–H groups in total. The molecule has 10 heteroatoms. The zero-order valence-corrected chi connectivity index (χ0v) is 24.0. The Kier molecular flexibility index (Phi) is 10.3. The van der Waals surface area contributed by atoms with Gasteiger partial charge in [-0.3, -0.25) is 13.9 Å². The third kappa shape index (κ3) is 8.32. The third-order valence-corrected chi connectivity index (χ3v) is 7.43. The van der Waals surface area contributed by atoms with E-state index in [2.05, 4.69) is 21.2 Å². The number of ether oxygens (including phenoxy) is 1. The highest BCUT2D eigenvalue weighted by Crippen LogP contribution is 2.26. The molecular weight excluding hydrogens is 570 g/mol. The van der Waals surface area contributed by atoms with Crippen LogP contribution in [0.25, 0.3) is 0 Å². The number of benzene rings is 3. The summed E-state index contributed by atoms with van der Waals surface area (Å²) >= 11 is 3.40. The number of hydrogen-bond donors (Lipinski definition) is 1. The second-order valence-corrected chi connectivity index (χ2v) is 11.6. The fourth-order valence-corrected chi connectivity index (χ4v) is 4.80. The number of nitrogens with one attached hydrogen (secondary N) is 1. The van der Waals surface area contributed by atoms with Gasteiger partial charge in [-0.1, -0.05) is 53.2 Å². The lowest BCUT2D eigenvalue weighted by atomic mass is 10.1. The second-order valence-electron chi connectivity index (χ2n) is 8.79. The molecule has 2 amide bonds. The van der Waals surface area contributed by atoms with E-state index in [1.165, 1.54) is 4.90 Å². The summed E-state index contributed by atoms with van der Waals surface area (Å²) in [7, 11) is -3.82. The average Bonchev–Trinajstić information content (AvgIpc) is 2.90. The number of nitrogens with zero attached hydrogens (tertiary/aromatic N) is 2. The summed E-state index contributed by atoms with van der Waals surface area (Å²) < 4.78 is 33.2. The molecule has 0 aliphatic carbocycles. The molecule has 3 aromatic carbocycles. The summed E-state index contributed by atoms with van der Waals surface area (Å²) in [6, 6.07) is 22.3. The van der Waals surface area contributed by atoms with E-state index < -0.39 is 28.5 Å². The zero-order valence-electron chi connectivity index (χ0n) is 21.6. The van der Waals surface area contributed by atoms with Gasteiger partial charge in [-0.2, -0.15) is 0 Å². The van der Waals surface area contributed by atoms with E-state index in [1.54, 1.807) is 31.2 Å². The summed E-state index contributed by atoms with van der Waals surface area (Å²) in [5, 5.41) is 2.82. The summed E-state index contributed by atoms with van der Waals surface area (Å²) in [6.07, 6.45) is 1.80. The lowest BCUT2D eigenvalue weighted by molar-refractivity contribution is -0.139. The predicted molar refractivity (Wildman–Crippen MR) is 153 cm³/mol. The summed E-state index contributed by atoms with van der Waals surface area (Å²) in [5.41, 5.74) is 1.12. The Bertz CT molecular complexity index is 1320. The maximum Gasteiger partial charge on any atom is 0.244 e. The number of rotatable bonds is 12. The highest BCUT2D eigenvalue weighted by atomic mass is 79.9. The van der Waals surface area contributed by atoms with Crippen LogP contribution in [-0.4, -0.2) is 50.5 Å². The molecule has 3 aromatic rings. The number of amides is 2. The van der Waals surface area contributed by atoms with Crippen molar-refractivity contribution in [2.75, 3.05) is 23.7 Å². The van der Waals surface area contributed by atoms with E-state index in [1.807, 2.05) is 61.5 Å². The largest absolute Gasteiger partial charge is 0.457 e. The Morgan fingerprint density at radius 1 is 0.947 bits per heavy atom. The number of carbonyl (C=O) groups excluding carboxylic acids is 2. The van der Waals surface area contributed by atoms with E-state index in [0.717, 1.165) is 27.0 Å². The number of carbonyl (C=O) groups is 2. The normalized spacial score (nSPS) is 11.9. The molecule has 0 saturated heterocycles. The first-order valence-electron chi connectivity index (χ1n) is 12.2. The van der Waals surface area contributed by atoms with Gasteiger partial charge in [-0.05, 0) is 67.4 Å². The van der Waals surface area contributed by atoms with Gasteiger partial charge in [0.05, 0.1) is 11.9 Å². The molecule has 3 rings (SSSR count). The highest BCUT2D eigenvalue weighted by molar-refractivity contribution is 9.10. The first-order chi connectivity index (χ1) is 18.1. The Morgan fingerprint density at radius 2 is 1.55 bits per heavy atom. The number of hydrogen-bond acceptors (Lipinski definition) is 5. The van der Waals surface area contributed by atoms with Gasteiger partial charge in [0.25, 0.3) is 0 Å². The number of para-hydroxylation sites is 1. The van der Waals surface area contributed by atoms with E-state index in [-0.39, 0.29) is 12.5 Å². The number of halogens is 1. The van der Waals surface area contributed by atoms with Crippen molar-refractivity contribution in [3.05, 3.63) is 88.9 Å². The van der Waals surface area contributed by atoms with Crippen LogP contribution in [0.15, 0.2) is 83.3 Å². The summed E-state index contributed by atoms with van der Waals surface area (Å²) in [4.78, 5) is 27.8. The molecular formula is C28H32BrN3O5S. The molecule has 0 aromatic heterocycles. The SMILES string of the molecule is CCCNC(=O)[C@H](C)N(Cc1ccc(Br)cc1)C(=O)CN(c1ccc(Oc2ccccc2)cc1)S(C)(=O)=O. The lowest BCUT2D eigenvalue weighted by Crippen LogP contribution is -2.51. The van der Waals surface area contributed by atoms with Crippen LogP contribution < -0.4 is 14.4 Å². The van der Waals surface area contributed by atoms with Crippen molar-refractivity contribution >= 4 is 43.5 Å². The van der Waals surface area contributed by atoms with Crippen LogP contribution in [0.1, 0.15) is 25.8 Å². The molecule has 0 fully saturated rings. The lowest BCUT2D eigenvalue weighted by Gasteiger charge is -2.31. The van der Waals surface area contributed by atoms with Crippen molar-refractivity contribution in [2.45, 2.75) is 32.9 Å². The van der Waals surface area contributed by atoms with Gasteiger partial charge in [0, 0.05) is 17.6 Å². The van der Waals surface area contributed by atoms with Gasteiger partial charge < -0.3 is 15.0 Å². The van der Waals surface area contributed by atoms with Crippen molar-refractivity contribution in [3.63, 3.8) is 0 Å². The maximum atomic E-state index is 13.6. The van der Waals surface area contributed by atoms with Crippen LogP contribution in [0.5, 0.6) is 11.5 Å². The molecule has 202 valence electrons. The van der Waals surface area contributed by atoms with Crippen molar-refractivity contribution < 1.29 is 22.7 Å². The predicted octanol–water partition coefficient (Wildman–Crippen LogP) is 4.95. The van der Waals surface area contributed by atoms with Gasteiger partial charge in [0.15, 0.2) is 0 Å². The van der Waals surface area contributed by atoms with Crippen molar-refractivity contribution in [2.24, 2.45) is 0 Å². The first kappa shape index (κ1) is 29.2. The molecule has 0 aliphatic rings. The minimum Gasteiger partial charge on any atom is -0.457 e. The van der Waals surface area contributed by atoms with E-state index in [4.69, 9.17) is 4.74 Å². The molecule has 0 unspecified atom stereocenters. The van der Waals surface area contributed by atoms with Crippen LogP contribution in [0.4, 0.5) is 5.69 Å². The van der Waals surface area contributed by atoms with Crippen molar-refractivity contribution in [1.29, 1.82) is 0 Å². The Balaban J connectivity index is 1.84. The van der Waals surface area contributed by atoms with Gasteiger partial charge in [-0.25, -0.2) is 8.42 Å². The topological polar surface area (TPSA) is 96.0 Å². The molecule has 0 heterocycles. The fraction of sp³-hybridized carbons (Fsp3) is 0.286. The quantitative estimate of drug-likeness (QED) is 0.317. The smallest absolute Gasteiger partial charge is 0.244 e. The highest BCUT2D eigenvalue weighted by Gasteiger charge is 2.30. The van der Waals surface area contributed by atoms with Crippen LogP contribution in [0.2, 0.25) is 0 Å². The van der Waals surface area contributed by atoms with Gasteiger partial charge >= 0.3 is 0 Å². The Labute approximate surface area is 232 Å². The van der Waals surface area contributed by atoms with E-state index in [0.29, 0.717) is 23.7 Å². The average molecular weight is 603 g/mol. The fourth-order valence-electron chi connectivity index (χ4n) is 3.68. The van der Waals surface area contributed by atoms with Crippen molar-refractivity contribution in [3.8, 4) is 11.5 Å². The van der Waals surface area contributed by atoms with Crippen molar-refractivity contribution in [1.82, 2.24) is 10.2 Å². The second kappa shape index (κ2) is 13.4. The van der Waals surface area contributed by atoms with Crippen LogP contribution >= 0.6 is 15.9 Å². The number of anilines is 1. The molecule has 0 spiro atoms. The Morgan fingerprint density at radius 3 is 2.13 bits per heavy atom. The molecule has 0 radical (unpaired) electrons. The van der Waals surface area contributed by atoms with Crippen LogP contribution in [-0.2, 0) is 26.2 Å². The van der Waals surface area contributed by atoms with Gasteiger partial charge in [0.2, 0.25) is 21.8 Å². The van der Waals surface area contributed by atoms with E-state index in [9.17, 15) is 18.0 Å². The molecule has 38 heavy (non-hydrogen) atoms. The molecule has 0 aliphatic heterocycles. The summed E-state index contributed by atoms with van der Waals surface area (Å²) in [5.74, 6) is 0.375. The minimum atomic E-state index is -3.82. The van der Waals surface area contributed by atoms with Crippen LogP contribution in [0.3, 0.4) is 0 Å². The zero-order chi connectivity index (χ0) is 27.7. The van der Waals surface area contributed by atoms with Gasteiger partial charge in [0.1, 0.15) is 24.1 Å². The van der Waals surface area contributed by atoms with E-state index >= 15 is 0 Å². The molecule has 8 nitrogen and oxygen atoms in total. The molecule has 0 saturated carbocycles. The first-order valence-corrected chi connectivity index (χ1v) is 14.8. The van der Waals surface area contributed by atoms with Crippen LogP contribution in [0, 0.1) is 0 Å². The third-order valence-electron chi connectivity index (χ3n) is 5.77. The minimum absolute atomic E-state index is 0.147. The standard InChI is InChI=1S/C28H32BrN3O5S/c1-4-18-30-28(34)21(2)31(19-22-10-12-23(29)13-11-22)27(33)20-32(38(3,35)36)24-14-16-26(17-15-24)37-25-8-6-5-7-9-25/h5-17,21H,4,18-20H2,1-3H3,(H,30,34)/t21-/m0/s1. The number of sulfonamides is 1. The summed E-state index contributed by atoms with van der Waals surface area (Å²) in [6.45, 7) is 3.75. The monoisotopic (exact) mass is 601 g/mol. The molecule has 0 bridgehead atoms. The maximum absolute atomic E-state index is 13.6.